The lowest BCUT2D eigenvalue weighted by Crippen LogP contribution is -2.36. The summed E-state index contributed by atoms with van der Waals surface area (Å²) in [5, 5.41) is 0. The summed E-state index contributed by atoms with van der Waals surface area (Å²) in [6.45, 7) is 3.61. The van der Waals surface area contributed by atoms with Crippen molar-refractivity contribution in [2.24, 2.45) is 5.92 Å². The molecular weight excluding hydrogens is 324 g/mol. The monoisotopic (exact) mass is 346 g/mol. The molecule has 2 aromatic rings. The molecule has 0 saturated carbocycles. The van der Waals surface area contributed by atoms with Gasteiger partial charge in [-0.1, -0.05) is 36.0 Å². The SMILES string of the molecule is CN1CCC(CN2c3ccccc3Sc3ccccc32)CC1.Cl. The fourth-order valence-corrected chi connectivity index (χ4v) is 4.58. The summed E-state index contributed by atoms with van der Waals surface area (Å²) >= 11 is 1.90. The van der Waals surface area contributed by atoms with Gasteiger partial charge in [-0.15, -0.1) is 12.4 Å². The van der Waals surface area contributed by atoms with E-state index < -0.39 is 0 Å². The predicted octanol–water partition coefficient (Wildman–Crippen LogP) is 5.05. The highest BCUT2D eigenvalue weighted by Crippen LogP contribution is 2.48. The summed E-state index contributed by atoms with van der Waals surface area (Å²) in [5.41, 5.74) is 2.76. The third kappa shape index (κ3) is 3.37. The average molecular weight is 347 g/mol. The van der Waals surface area contributed by atoms with Gasteiger partial charge in [0.15, 0.2) is 0 Å². The third-order valence-corrected chi connectivity index (χ3v) is 5.94. The van der Waals surface area contributed by atoms with Gasteiger partial charge in [-0.05, 0) is 63.2 Å². The Morgan fingerprint density at radius 1 is 0.913 bits per heavy atom. The molecule has 1 saturated heterocycles. The minimum absolute atomic E-state index is 0. The minimum atomic E-state index is 0. The van der Waals surface area contributed by atoms with Crippen LogP contribution in [-0.2, 0) is 0 Å². The number of rotatable bonds is 2. The highest BCUT2D eigenvalue weighted by molar-refractivity contribution is 7.99. The lowest BCUT2D eigenvalue weighted by atomic mass is 9.96. The Labute approximate surface area is 149 Å². The molecular formula is C19H23ClN2S. The van der Waals surface area contributed by atoms with Crippen molar-refractivity contribution in [3.63, 3.8) is 0 Å². The van der Waals surface area contributed by atoms with E-state index in [0.717, 1.165) is 12.5 Å². The molecule has 0 amide bonds. The first-order valence-electron chi connectivity index (χ1n) is 8.13. The van der Waals surface area contributed by atoms with Gasteiger partial charge in [0.25, 0.3) is 0 Å². The van der Waals surface area contributed by atoms with E-state index in [4.69, 9.17) is 0 Å². The number of piperidine rings is 1. The molecule has 2 aromatic carbocycles. The summed E-state index contributed by atoms with van der Waals surface area (Å²) in [6, 6.07) is 17.7. The number of halogens is 1. The minimum Gasteiger partial charge on any atom is -0.339 e. The van der Waals surface area contributed by atoms with Gasteiger partial charge in [0.05, 0.1) is 11.4 Å². The molecule has 0 radical (unpaired) electrons. The van der Waals surface area contributed by atoms with Crippen molar-refractivity contribution >= 4 is 35.5 Å². The Morgan fingerprint density at radius 3 is 2.00 bits per heavy atom. The fourth-order valence-electron chi connectivity index (χ4n) is 3.48. The van der Waals surface area contributed by atoms with Crippen molar-refractivity contribution in [3.05, 3.63) is 48.5 Å². The number of benzene rings is 2. The third-order valence-electron chi connectivity index (χ3n) is 4.81. The highest BCUT2D eigenvalue weighted by Gasteiger charge is 2.26. The highest BCUT2D eigenvalue weighted by atomic mass is 35.5. The number of hydrogen-bond donors (Lipinski definition) is 0. The first-order valence-corrected chi connectivity index (χ1v) is 8.95. The van der Waals surface area contributed by atoms with E-state index in [9.17, 15) is 0 Å². The molecule has 0 aromatic heterocycles. The average Bonchev–Trinajstić information content (AvgIpc) is 2.56. The van der Waals surface area contributed by atoms with E-state index in [1.807, 2.05) is 11.8 Å². The largest absolute Gasteiger partial charge is 0.339 e. The topological polar surface area (TPSA) is 6.48 Å². The van der Waals surface area contributed by atoms with Crippen LogP contribution in [0, 0.1) is 5.92 Å². The van der Waals surface area contributed by atoms with Gasteiger partial charge >= 0.3 is 0 Å². The molecule has 2 aliphatic heterocycles. The maximum atomic E-state index is 2.55. The second-order valence-corrected chi connectivity index (χ2v) is 7.48. The zero-order valence-electron chi connectivity index (χ0n) is 13.4. The lowest BCUT2D eigenvalue weighted by Gasteiger charge is -2.37. The predicted molar refractivity (Wildman–Crippen MR) is 101 cm³/mol. The number of likely N-dealkylation sites (tertiary alicyclic amines) is 1. The molecule has 122 valence electrons. The Balaban J connectivity index is 0.00000156. The first-order chi connectivity index (χ1) is 10.8. The number of para-hydroxylation sites is 2. The molecule has 0 atom stereocenters. The van der Waals surface area contributed by atoms with Crippen LogP contribution in [0.25, 0.3) is 0 Å². The van der Waals surface area contributed by atoms with Crippen molar-refractivity contribution in [2.75, 3.05) is 31.6 Å². The Bertz CT molecular complexity index is 622. The number of fused-ring (bicyclic) bond motifs is 2. The zero-order chi connectivity index (χ0) is 14.9. The van der Waals surface area contributed by atoms with E-state index in [2.05, 4.69) is 65.4 Å². The van der Waals surface area contributed by atoms with Crippen LogP contribution in [0.3, 0.4) is 0 Å². The van der Waals surface area contributed by atoms with Gasteiger partial charge in [0.2, 0.25) is 0 Å². The summed E-state index contributed by atoms with van der Waals surface area (Å²) in [5.74, 6) is 0.792. The molecule has 0 bridgehead atoms. The van der Waals surface area contributed by atoms with Crippen LogP contribution in [0.2, 0.25) is 0 Å². The molecule has 23 heavy (non-hydrogen) atoms. The van der Waals surface area contributed by atoms with Crippen LogP contribution in [0.5, 0.6) is 0 Å². The number of nitrogens with zero attached hydrogens (tertiary/aromatic N) is 2. The molecule has 4 rings (SSSR count). The van der Waals surface area contributed by atoms with E-state index >= 15 is 0 Å². The smallest absolute Gasteiger partial charge is 0.0552 e. The molecule has 2 heterocycles. The van der Waals surface area contributed by atoms with Gasteiger partial charge in [0, 0.05) is 16.3 Å². The normalized spacial score (nSPS) is 18.0. The van der Waals surface area contributed by atoms with Crippen molar-refractivity contribution < 1.29 is 0 Å². The van der Waals surface area contributed by atoms with Crippen LogP contribution < -0.4 is 4.90 Å². The molecule has 2 nitrogen and oxygen atoms in total. The van der Waals surface area contributed by atoms with Crippen molar-refractivity contribution in [3.8, 4) is 0 Å². The van der Waals surface area contributed by atoms with Crippen molar-refractivity contribution in [1.82, 2.24) is 4.90 Å². The Hall–Kier alpha value is -1.16. The van der Waals surface area contributed by atoms with E-state index in [-0.39, 0.29) is 12.4 Å². The number of anilines is 2. The van der Waals surface area contributed by atoms with Crippen molar-refractivity contribution in [1.29, 1.82) is 0 Å². The van der Waals surface area contributed by atoms with E-state index in [0.29, 0.717) is 0 Å². The maximum absolute atomic E-state index is 2.55. The Kier molecular flexibility index (Phi) is 5.20. The van der Waals surface area contributed by atoms with Gasteiger partial charge in [-0.25, -0.2) is 0 Å². The fraction of sp³-hybridized carbons (Fsp3) is 0.368. The van der Waals surface area contributed by atoms with E-state index in [1.165, 1.54) is 47.1 Å². The van der Waals surface area contributed by atoms with Gasteiger partial charge in [-0.2, -0.15) is 0 Å². The Morgan fingerprint density at radius 2 is 1.43 bits per heavy atom. The zero-order valence-corrected chi connectivity index (χ0v) is 15.1. The van der Waals surface area contributed by atoms with Crippen LogP contribution in [-0.4, -0.2) is 31.6 Å². The standard InChI is InChI=1S/C19H22N2S.ClH/c1-20-12-10-15(11-13-20)14-21-16-6-2-4-8-18(16)22-19-9-5-3-7-17(19)21;/h2-9,15H,10-14H2,1H3;1H. The van der Waals surface area contributed by atoms with E-state index in [1.54, 1.807) is 0 Å². The molecule has 0 unspecified atom stereocenters. The molecule has 4 heteroatoms. The van der Waals surface area contributed by atoms with Gasteiger partial charge < -0.3 is 9.80 Å². The molecule has 0 N–H and O–H groups in total. The number of hydrogen-bond acceptors (Lipinski definition) is 3. The van der Waals surface area contributed by atoms with Crippen LogP contribution >= 0.6 is 24.2 Å². The van der Waals surface area contributed by atoms with Crippen LogP contribution in [0.1, 0.15) is 12.8 Å². The van der Waals surface area contributed by atoms with Crippen molar-refractivity contribution in [2.45, 2.75) is 22.6 Å². The molecule has 0 spiro atoms. The van der Waals surface area contributed by atoms with Crippen LogP contribution in [0.15, 0.2) is 58.3 Å². The summed E-state index contributed by atoms with van der Waals surface area (Å²) in [6.07, 6.45) is 2.62. The van der Waals surface area contributed by atoms with Gasteiger partial charge in [0.1, 0.15) is 0 Å². The molecule has 1 fully saturated rings. The van der Waals surface area contributed by atoms with Gasteiger partial charge in [-0.3, -0.25) is 0 Å². The maximum Gasteiger partial charge on any atom is 0.0552 e. The quantitative estimate of drug-likeness (QED) is 0.751. The summed E-state index contributed by atoms with van der Waals surface area (Å²) in [7, 11) is 2.23. The summed E-state index contributed by atoms with van der Waals surface area (Å²) in [4.78, 5) is 7.77. The second kappa shape index (κ2) is 7.16. The molecule has 0 aliphatic carbocycles. The summed E-state index contributed by atoms with van der Waals surface area (Å²) < 4.78 is 0. The lowest BCUT2D eigenvalue weighted by molar-refractivity contribution is 0.223. The first kappa shape index (κ1) is 16.7. The van der Waals surface area contributed by atoms with Crippen LogP contribution in [0.4, 0.5) is 11.4 Å². The second-order valence-electron chi connectivity index (χ2n) is 6.39. The molecule has 2 aliphatic rings.